The maximum atomic E-state index is 5.55. The van der Waals surface area contributed by atoms with E-state index in [0.29, 0.717) is 10.7 Å². The maximum absolute atomic E-state index is 5.55. The van der Waals surface area contributed by atoms with Crippen LogP contribution in [0.1, 0.15) is 18.2 Å². The van der Waals surface area contributed by atoms with Gasteiger partial charge in [-0.05, 0) is 24.6 Å². The lowest BCUT2D eigenvalue weighted by molar-refractivity contribution is 0.828. The van der Waals surface area contributed by atoms with E-state index in [0.717, 1.165) is 18.8 Å². The predicted molar refractivity (Wildman–Crippen MR) is 83.3 cm³/mol. The molecule has 0 unspecified atom stereocenters. The van der Waals surface area contributed by atoms with Crippen LogP contribution in [-0.2, 0) is 6.54 Å². The van der Waals surface area contributed by atoms with Gasteiger partial charge in [-0.15, -0.1) is 0 Å². The Balaban J connectivity index is 2.15. The fourth-order valence-electron chi connectivity index (χ4n) is 1.91. The van der Waals surface area contributed by atoms with Gasteiger partial charge in [-0.25, -0.2) is 0 Å². The zero-order valence-corrected chi connectivity index (χ0v) is 11.7. The summed E-state index contributed by atoms with van der Waals surface area (Å²) >= 11 is 4.91. The first kappa shape index (κ1) is 13.5. The molecule has 0 aliphatic carbocycles. The number of benzene rings is 1. The van der Waals surface area contributed by atoms with Crippen LogP contribution in [0.3, 0.4) is 0 Å². The Labute approximate surface area is 119 Å². The number of hydrogen-bond donors (Lipinski definition) is 1. The van der Waals surface area contributed by atoms with Crippen LogP contribution in [0.2, 0.25) is 0 Å². The quantitative estimate of drug-likeness (QED) is 0.849. The highest BCUT2D eigenvalue weighted by atomic mass is 32.1. The molecule has 0 spiro atoms. The van der Waals surface area contributed by atoms with Crippen molar-refractivity contribution in [2.75, 3.05) is 11.4 Å². The van der Waals surface area contributed by atoms with Gasteiger partial charge in [0, 0.05) is 13.1 Å². The lowest BCUT2D eigenvalue weighted by atomic mass is 10.2. The molecule has 0 atom stereocenters. The van der Waals surface area contributed by atoms with Crippen molar-refractivity contribution in [3.05, 3.63) is 59.9 Å². The Kier molecular flexibility index (Phi) is 4.47. The highest BCUT2D eigenvalue weighted by Gasteiger charge is 2.06. The van der Waals surface area contributed by atoms with E-state index in [2.05, 4.69) is 41.1 Å². The SMILES string of the molecule is CCN(Cc1ccccc1)c1ccc(C(N)=S)nc1. The predicted octanol–water partition coefficient (Wildman–Crippen LogP) is 2.74. The second-order valence-electron chi connectivity index (χ2n) is 4.27. The van der Waals surface area contributed by atoms with Crippen molar-refractivity contribution in [2.45, 2.75) is 13.5 Å². The van der Waals surface area contributed by atoms with Gasteiger partial charge in [-0.1, -0.05) is 42.5 Å². The van der Waals surface area contributed by atoms with Crippen molar-refractivity contribution >= 4 is 22.9 Å². The molecule has 1 aromatic carbocycles. The van der Waals surface area contributed by atoms with E-state index < -0.39 is 0 Å². The first-order valence-corrected chi connectivity index (χ1v) is 6.66. The molecule has 0 fully saturated rings. The number of rotatable bonds is 5. The number of aromatic nitrogens is 1. The van der Waals surface area contributed by atoms with Crippen LogP contribution in [0, 0.1) is 0 Å². The first-order valence-electron chi connectivity index (χ1n) is 6.25. The third-order valence-corrected chi connectivity index (χ3v) is 3.17. The monoisotopic (exact) mass is 271 g/mol. The molecule has 0 bridgehead atoms. The molecular weight excluding hydrogens is 254 g/mol. The molecule has 98 valence electrons. The van der Waals surface area contributed by atoms with Gasteiger partial charge in [-0.2, -0.15) is 0 Å². The summed E-state index contributed by atoms with van der Waals surface area (Å²) in [6.45, 7) is 3.92. The number of hydrogen-bond acceptors (Lipinski definition) is 3. The molecule has 0 aliphatic heterocycles. The summed E-state index contributed by atoms with van der Waals surface area (Å²) < 4.78 is 0. The number of nitrogens with zero attached hydrogens (tertiary/aromatic N) is 2. The smallest absolute Gasteiger partial charge is 0.122 e. The molecule has 2 N–H and O–H groups in total. The first-order chi connectivity index (χ1) is 9.20. The van der Waals surface area contributed by atoms with Crippen molar-refractivity contribution in [2.24, 2.45) is 5.73 Å². The Morgan fingerprint density at radius 1 is 1.21 bits per heavy atom. The van der Waals surface area contributed by atoms with Crippen molar-refractivity contribution < 1.29 is 0 Å². The maximum Gasteiger partial charge on any atom is 0.122 e. The summed E-state index contributed by atoms with van der Waals surface area (Å²) in [5, 5.41) is 0. The molecule has 2 aromatic rings. The molecule has 3 nitrogen and oxygen atoms in total. The number of pyridine rings is 1. The summed E-state index contributed by atoms with van der Waals surface area (Å²) in [6, 6.07) is 14.3. The highest BCUT2D eigenvalue weighted by Crippen LogP contribution is 2.16. The van der Waals surface area contributed by atoms with E-state index in [1.807, 2.05) is 24.4 Å². The van der Waals surface area contributed by atoms with E-state index in [-0.39, 0.29) is 0 Å². The van der Waals surface area contributed by atoms with Crippen LogP contribution in [-0.4, -0.2) is 16.5 Å². The summed E-state index contributed by atoms with van der Waals surface area (Å²) in [7, 11) is 0. The zero-order chi connectivity index (χ0) is 13.7. The lowest BCUT2D eigenvalue weighted by Crippen LogP contribution is -2.22. The summed E-state index contributed by atoms with van der Waals surface area (Å²) in [4.78, 5) is 6.87. The van der Waals surface area contributed by atoms with E-state index >= 15 is 0 Å². The second kappa shape index (κ2) is 6.29. The lowest BCUT2D eigenvalue weighted by Gasteiger charge is -2.23. The van der Waals surface area contributed by atoms with Crippen LogP contribution in [0.4, 0.5) is 5.69 Å². The van der Waals surface area contributed by atoms with Gasteiger partial charge in [0.1, 0.15) is 4.99 Å². The van der Waals surface area contributed by atoms with Crippen LogP contribution < -0.4 is 10.6 Å². The van der Waals surface area contributed by atoms with Gasteiger partial charge in [-0.3, -0.25) is 4.98 Å². The summed E-state index contributed by atoms with van der Waals surface area (Å²) in [5.74, 6) is 0. The minimum absolute atomic E-state index is 0.331. The average molecular weight is 271 g/mol. The van der Waals surface area contributed by atoms with E-state index in [1.165, 1.54) is 5.56 Å². The molecule has 1 heterocycles. The molecular formula is C15H17N3S. The molecule has 0 aliphatic rings. The highest BCUT2D eigenvalue weighted by molar-refractivity contribution is 7.80. The van der Waals surface area contributed by atoms with Crippen LogP contribution in [0.25, 0.3) is 0 Å². The summed E-state index contributed by atoms with van der Waals surface area (Å²) in [5.41, 5.74) is 8.57. The fraction of sp³-hybridized carbons (Fsp3) is 0.200. The second-order valence-corrected chi connectivity index (χ2v) is 4.71. The third kappa shape index (κ3) is 3.51. The van der Waals surface area contributed by atoms with E-state index in [9.17, 15) is 0 Å². The number of thiocarbonyl (C=S) groups is 1. The van der Waals surface area contributed by atoms with Gasteiger partial charge in [0.05, 0.1) is 17.6 Å². The van der Waals surface area contributed by atoms with E-state index in [1.54, 1.807) is 0 Å². The van der Waals surface area contributed by atoms with Crippen molar-refractivity contribution in [1.82, 2.24) is 4.98 Å². The van der Waals surface area contributed by atoms with Gasteiger partial charge in [0.25, 0.3) is 0 Å². The van der Waals surface area contributed by atoms with Gasteiger partial charge in [0.2, 0.25) is 0 Å². The third-order valence-electron chi connectivity index (χ3n) is 2.96. The van der Waals surface area contributed by atoms with Crippen molar-refractivity contribution in [3.63, 3.8) is 0 Å². The van der Waals surface area contributed by atoms with Gasteiger partial charge >= 0.3 is 0 Å². The number of nitrogens with two attached hydrogens (primary N) is 1. The molecule has 19 heavy (non-hydrogen) atoms. The van der Waals surface area contributed by atoms with E-state index in [4.69, 9.17) is 18.0 Å². The Hall–Kier alpha value is -1.94. The summed E-state index contributed by atoms with van der Waals surface area (Å²) in [6.07, 6.45) is 1.82. The molecule has 2 rings (SSSR count). The molecule has 0 saturated heterocycles. The molecule has 1 aromatic heterocycles. The largest absolute Gasteiger partial charge is 0.388 e. The Bertz CT molecular complexity index is 537. The minimum Gasteiger partial charge on any atom is -0.388 e. The normalized spacial score (nSPS) is 10.2. The average Bonchev–Trinajstić information content (AvgIpc) is 2.46. The Morgan fingerprint density at radius 2 is 1.95 bits per heavy atom. The molecule has 4 heteroatoms. The molecule has 0 saturated carbocycles. The van der Waals surface area contributed by atoms with Crippen LogP contribution >= 0.6 is 12.2 Å². The fourth-order valence-corrected chi connectivity index (χ4v) is 2.03. The zero-order valence-electron chi connectivity index (χ0n) is 10.9. The standard InChI is InChI=1S/C15H17N3S/c1-2-18(11-12-6-4-3-5-7-12)13-8-9-14(15(16)19)17-10-13/h3-10H,2,11H2,1H3,(H2,16,19). The molecule has 0 amide bonds. The van der Waals surface area contributed by atoms with Crippen LogP contribution in [0.15, 0.2) is 48.7 Å². The van der Waals surface area contributed by atoms with Crippen molar-refractivity contribution in [1.29, 1.82) is 0 Å². The van der Waals surface area contributed by atoms with Crippen LogP contribution in [0.5, 0.6) is 0 Å². The van der Waals surface area contributed by atoms with Crippen molar-refractivity contribution in [3.8, 4) is 0 Å². The van der Waals surface area contributed by atoms with Gasteiger partial charge < -0.3 is 10.6 Å². The minimum atomic E-state index is 0.331. The molecule has 0 radical (unpaired) electrons. The van der Waals surface area contributed by atoms with Gasteiger partial charge in [0.15, 0.2) is 0 Å². The Morgan fingerprint density at radius 3 is 2.47 bits per heavy atom. The topological polar surface area (TPSA) is 42.1 Å². The number of anilines is 1.